The lowest BCUT2D eigenvalue weighted by Crippen LogP contribution is -2.36. The van der Waals surface area contributed by atoms with Crippen molar-refractivity contribution in [3.63, 3.8) is 0 Å². The van der Waals surface area contributed by atoms with Crippen molar-refractivity contribution < 1.29 is 4.79 Å². The minimum atomic E-state index is -0.0180. The van der Waals surface area contributed by atoms with E-state index < -0.39 is 0 Å². The molecule has 0 atom stereocenters. The molecule has 1 amide bonds. The molecule has 0 radical (unpaired) electrons. The molecule has 1 aliphatic rings. The molecule has 2 rings (SSSR count). The fourth-order valence-corrected chi connectivity index (χ4v) is 1.59. The average Bonchev–Trinajstić information content (AvgIpc) is 2.07. The zero-order valence-corrected chi connectivity index (χ0v) is 8.46. The van der Waals surface area contributed by atoms with Crippen LogP contribution in [0.5, 0.6) is 0 Å². The maximum Gasteiger partial charge on any atom is 0.244 e. The van der Waals surface area contributed by atoms with Crippen LogP contribution in [0.25, 0.3) is 0 Å². The third kappa shape index (κ3) is 1.30. The molecule has 2 heterocycles. The van der Waals surface area contributed by atoms with E-state index in [1.54, 1.807) is 0 Å². The summed E-state index contributed by atoms with van der Waals surface area (Å²) in [4.78, 5) is 21.6. The summed E-state index contributed by atoms with van der Waals surface area (Å²) < 4.78 is 0. The number of anilines is 2. The molecule has 1 N–H and O–H groups in total. The number of rotatable bonds is 0. The Hall–Kier alpha value is -1.65. The van der Waals surface area contributed by atoms with Gasteiger partial charge in [-0.2, -0.15) is 0 Å². The fourth-order valence-electron chi connectivity index (χ4n) is 1.59. The predicted octanol–water partition coefficient (Wildman–Crippen LogP) is 0.482. The first-order chi connectivity index (χ1) is 6.58. The van der Waals surface area contributed by atoms with Crippen molar-refractivity contribution in [3.8, 4) is 0 Å². The van der Waals surface area contributed by atoms with Crippen LogP contribution in [0.15, 0.2) is 0 Å². The van der Waals surface area contributed by atoms with Gasteiger partial charge in [-0.15, -0.1) is 0 Å². The molecule has 0 saturated heterocycles. The van der Waals surface area contributed by atoms with Crippen LogP contribution < -0.4 is 10.2 Å². The van der Waals surface area contributed by atoms with Crippen LogP contribution in [0.2, 0.25) is 0 Å². The van der Waals surface area contributed by atoms with Gasteiger partial charge in [0.25, 0.3) is 0 Å². The predicted molar refractivity (Wildman–Crippen MR) is 53.4 cm³/mol. The minimum Gasteiger partial charge on any atom is -0.349 e. The highest BCUT2D eigenvalue weighted by molar-refractivity contribution is 6.00. The number of nitrogens with one attached hydrogen (secondary N) is 1. The van der Waals surface area contributed by atoms with Gasteiger partial charge in [0.1, 0.15) is 11.5 Å². The van der Waals surface area contributed by atoms with E-state index in [1.807, 2.05) is 25.8 Å². The first kappa shape index (κ1) is 8.93. The number of hydrogen-bond acceptors (Lipinski definition) is 4. The first-order valence-electron chi connectivity index (χ1n) is 4.44. The van der Waals surface area contributed by atoms with Gasteiger partial charge < -0.3 is 10.2 Å². The molecule has 0 spiro atoms. The second-order valence-electron chi connectivity index (χ2n) is 3.46. The van der Waals surface area contributed by atoms with Crippen LogP contribution in [-0.4, -0.2) is 29.5 Å². The maximum atomic E-state index is 11.3. The highest BCUT2D eigenvalue weighted by atomic mass is 16.2. The number of fused-ring (bicyclic) bond motifs is 1. The fraction of sp³-hybridized carbons (Fsp3) is 0.444. The largest absolute Gasteiger partial charge is 0.349 e. The number of carbonyl (C=O) groups excluding carboxylic acids is 1. The second-order valence-corrected chi connectivity index (χ2v) is 3.46. The van der Waals surface area contributed by atoms with Crippen molar-refractivity contribution in [1.82, 2.24) is 9.97 Å². The van der Waals surface area contributed by atoms with Gasteiger partial charge in [-0.05, 0) is 13.8 Å². The SMILES string of the molecule is Cc1nc(C)c2c(n1)N(C)CC(=O)N2. The summed E-state index contributed by atoms with van der Waals surface area (Å²) in [6.07, 6.45) is 0. The number of aromatic nitrogens is 2. The van der Waals surface area contributed by atoms with Gasteiger partial charge >= 0.3 is 0 Å². The molecule has 5 heteroatoms. The van der Waals surface area contributed by atoms with Gasteiger partial charge in [0.2, 0.25) is 5.91 Å². The molecule has 0 bridgehead atoms. The van der Waals surface area contributed by atoms with Crippen LogP contribution in [-0.2, 0) is 4.79 Å². The topological polar surface area (TPSA) is 58.1 Å². The molecule has 5 nitrogen and oxygen atoms in total. The molecule has 0 fully saturated rings. The van der Waals surface area contributed by atoms with Crippen molar-refractivity contribution >= 4 is 17.4 Å². The summed E-state index contributed by atoms with van der Waals surface area (Å²) in [6, 6.07) is 0. The highest BCUT2D eigenvalue weighted by Crippen LogP contribution is 2.28. The Bertz CT molecular complexity index is 402. The molecule has 1 aromatic heterocycles. The van der Waals surface area contributed by atoms with Crippen molar-refractivity contribution in [2.24, 2.45) is 0 Å². The number of amides is 1. The Morgan fingerprint density at radius 2 is 2.07 bits per heavy atom. The third-order valence-electron chi connectivity index (χ3n) is 2.19. The Labute approximate surface area is 82.2 Å². The number of likely N-dealkylation sites (N-methyl/N-ethyl adjacent to an activating group) is 1. The number of hydrogen-bond donors (Lipinski definition) is 1. The van der Waals surface area contributed by atoms with Gasteiger partial charge in [-0.1, -0.05) is 0 Å². The van der Waals surface area contributed by atoms with E-state index >= 15 is 0 Å². The molecular formula is C9H12N4O. The Kier molecular flexibility index (Phi) is 1.87. The second kappa shape index (κ2) is 2.94. The summed E-state index contributed by atoms with van der Waals surface area (Å²) in [5, 5.41) is 2.78. The summed E-state index contributed by atoms with van der Waals surface area (Å²) in [7, 11) is 1.85. The first-order valence-corrected chi connectivity index (χ1v) is 4.44. The smallest absolute Gasteiger partial charge is 0.244 e. The van der Waals surface area contributed by atoms with E-state index in [2.05, 4.69) is 15.3 Å². The summed E-state index contributed by atoms with van der Waals surface area (Å²) >= 11 is 0. The van der Waals surface area contributed by atoms with Crippen LogP contribution in [0.1, 0.15) is 11.5 Å². The molecule has 74 valence electrons. The lowest BCUT2D eigenvalue weighted by Gasteiger charge is -2.26. The standard InChI is InChI=1S/C9H12N4O/c1-5-8-9(11-6(2)10-5)13(3)4-7(14)12-8/h4H2,1-3H3,(H,12,14). The van der Waals surface area contributed by atoms with E-state index in [0.717, 1.165) is 23.0 Å². The monoisotopic (exact) mass is 192 g/mol. The minimum absolute atomic E-state index is 0.0180. The van der Waals surface area contributed by atoms with Crippen molar-refractivity contribution in [2.45, 2.75) is 13.8 Å². The quantitative estimate of drug-likeness (QED) is 0.649. The van der Waals surface area contributed by atoms with Gasteiger partial charge in [-0.3, -0.25) is 4.79 Å². The van der Waals surface area contributed by atoms with Crippen LogP contribution in [0.3, 0.4) is 0 Å². The summed E-state index contributed by atoms with van der Waals surface area (Å²) in [5.41, 5.74) is 1.54. The summed E-state index contributed by atoms with van der Waals surface area (Å²) in [6.45, 7) is 4.06. The van der Waals surface area contributed by atoms with Crippen LogP contribution in [0, 0.1) is 13.8 Å². The number of aryl methyl sites for hydroxylation is 2. The normalized spacial score (nSPS) is 15.1. The van der Waals surface area contributed by atoms with Gasteiger partial charge in [0.05, 0.1) is 12.2 Å². The van der Waals surface area contributed by atoms with Crippen LogP contribution >= 0.6 is 0 Å². The molecule has 0 aromatic carbocycles. The Balaban J connectivity index is 2.58. The van der Waals surface area contributed by atoms with Crippen molar-refractivity contribution in [3.05, 3.63) is 11.5 Å². The molecule has 0 aliphatic carbocycles. The van der Waals surface area contributed by atoms with Crippen molar-refractivity contribution in [1.29, 1.82) is 0 Å². The molecule has 0 unspecified atom stereocenters. The molecule has 1 aromatic rings. The molecule has 0 saturated carbocycles. The molecular weight excluding hydrogens is 180 g/mol. The number of carbonyl (C=O) groups is 1. The van der Waals surface area contributed by atoms with Gasteiger partial charge in [0.15, 0.2) is 5.82 Å². The highest BCUT2D eigenvalue weighted by Gasteiger charge is 2.22. The Morgan fingerprint density at radius 1 is 1.36 bits per heavy atom. The molecule has 1 aliphatic heterocycles. The van der Waals surface area contributed by atoms with E-state index in [-0.39, 0.29) is 5.91 Å². The zero-order valence-electron chi connectivity index (χ0n) is 8.46. The van der Waals surface area contributed by atoms with Gasteiger partial charge in [0, 0.05) is 7.05 Å². The molecule has 14 heavy (non-hydrogen) atoms. The van der Waals surface area contributed by atoms with E-state index in [1.165, 1.54) is 0 Å². The zero-order chi connectivity index (χ0) is 10.3. The lowest BCUT2D eigenvalue weighted by molar-refractivity contribution is -0.115. The van der Waals surface area contributed by atoms with Crippen molar-refractivity contribution in [2.75, 3.05) is 23.8 Å². The van der Waals surface area contributed by atoms with E-state index in [0.29, 0.717) is 6.54 Å². The maximum absolute atomic E-state index is 11.3. The Morgan fingerprint density at radius 3 is 2.79 bits per heavy atom. The van der Waals surface area contributed by atoms with Crippen LogP contribution in [0.4, 0.5) is 11.5 Å². The lowest BCUT2D eigenvalue weighted by atomic mass is 10.2. The summed E-state index contributed by atoms with van der Waals surface area (Å²) in [5.74, 6) is 1.51. The van der Waals surface area contributed by atoms with E-state index in [4.69, 9.17) is 0 Å². The third-order valence-corrected chi connectivity index (χ3v) is 2.19. The number of nitrogens with zero attached hydrogens (tertiary/aromatic N) is 3. The van der Waals surface area contributed by atoms with Gasteiger partial charge in [-0.25, -0.2) is 9.97 Å². The van der Waals surface area contributed by atoms with E-state index in [9.17, 15) is 4.79 Å². The average molecular weight is 192 g/mol.